The van der Waals surface area contributed by atoms with Crippen LogP contribution in [-0.2, 0) is 0 Å². The Bertz CT molecular complexity index is 293. The average Bonchev–Trinajstić information content (AvgIpc) is 2.20. The van der Waals surface area contributed by atoms with Gasteiger partial charge in [-0.25, -0.2) is 0 Å². The highest BCUT2D eigenvalue weighted by Crippen LogP contribution is 2.21. The second-order valence-corrected chi connectivity index (χ2v) is 4.30. The maximum absolute atomic E-state index is 8.99. The van der Waals surface area contributed by atoms with E-state index in [2.05, 4.69) is 26.2 Å². The van der Waals surface area contributed by atoms with Crippen LogP contribution in [0.15, 0.2) is 22.9 Å². The number of aliphatic hydroxyl groups is 1. The quantitative estimate of drug-likeness (QED) is 0.871. The molecule has 0 aliphatic heterocycles. The summed E-state index contributed by atoms with van der Waals surface area (Å²) in [5.41, 5.74) is 1.01. The maximum Gasteiger partial charge on any atom is 0.0590 e. The zero-order chi connectivity index (χ0) is 10.6. The van der Waals surface area contributed by atoms with Gasteiger partial charge in [0.2, 0.25) is 0 Å². The molecule has 0 aromatic carbocycles. The first-order valence-electron chi connectivity index (χ1n) is 4.62. The van der Waals surface area contributed by atoms with Crippen LogP contribution in [0.2, 0.25) is 0 Å². The fourth-order valence-corrected chi connectivity index (χ4v) is 1.40. The summed E-state index contributed by atoms with van der Waals surface area (Å²) in [6.45, 7) is 4.25. The topological polar surface area (TPSA) is 45.1 Å². The lowest BCUT2D eigenvalue weighted by Crippen LogP contribution is -2.26. The van der Waals surface area contributed by atoms with E-state index in [9.17, 15) is 0 Å². The lowest BCUT2D eigenvalue weighted by atomic mass is 10.1. The molecule has 0 saturated carbocycles. The fraction of sp³-hybridized carbons (Fsp3) is 0.500. The highest BCUT2D eigenvalue weighted by Gasteiger charge is 2.11. The first kappa shape index (κ1) is 11.5. The molecule has 0 saturated heterocycles. The minimum atomic E-state index is 0.191. The molecule has 1 aromatic heterocycles. The van der Waals surface area contributed by atoms with Crippen molar-refractivity contribution in [3.8, 4) is 0 Å². The van der Waals surface area contributed by atoms with E-state index in [4.69, 9.17) is 5.11 Å². The number of pyridine rings is 1. The van der Waals surface area contributed by atoms with Gasteiger partial charge in [0.15, 0.2) is 0 Å². The summed E-state index contributed by atoms with van der Waals surface area (Å²) in [4.78, 5) is 3.98. The lowest BCUT2D eigenvalue weighted by Gasteiger charge is -2.20. The lowest BCUT2D eigenvalue weighted by molar-refractivity contribution is 0.226. The van der Waals surface area contributed by atoms with Gasteiger partial charge in [0, 0.05) is 25.0 Å². The first-order valence-corrected chi connectivity index (χ1v) is 5.41. The number of anilines is 1. The van der Waals surface area contributed by atoms with Crippen molar-refractivity contribution in [2.75, 3.05) is 11.9 Å². The molecule has 0 amide bonds. The van der Waals surface area contributed by atoms with Crippen molar-refractivity contribution in [3.63, 3.8) is 0 Å². The van der Waals surface area contributed by atoms with Gasteiger partial charge in [0.25, 0.3) is 0 Å². The summed E-state index contributed by atoms with van der Waals surface area (Å²) in [6.07, 6.45) is 3.49. The van der Waals surface area contributed by atoms with Crippen molar-refractivity contribution in [1.82, 2.24) is 4.98 Å². The molecule has 2 atom stereocenters. The zero-order valence-corrected chi connectivity index (χ0v) is 9.95. The van der Waals surface area contributed by atoms with Gasteiger partial charge in [-0.2, -0.15) is 0 Å². The van der Waals surface area contributed by atoms with Gasteiger partial charge in [-0.1, -0.05) is 6.92 Å². The van der Waals surface area contributed by atoms with E-state index in [0.29, 0.717) is 0 Å². The Labute approximate surface area is 92.7 Å². The monoisotopic (exact) mass is 258 g/mol. The highest BCUT2D eigenvalue weighted by molar-refractivity contribution is 9.10. The fourth-order valence-electron chi connectivity index (χ4n) is 1.04. The number of aromatic nitrogens is 1. The molecule has 0 aliphatic rings. The molecule has 2 unspecified atom stereocenters. The summed E-state index contributed by atoms with van der Waals surface area (Å²) < 4.78 is 0.942. The zero-order valence-electron chi connectivity index (χ0n) is 8.37. The van der Waals surface area contributed by atoms with E-state index in [1.54, 1.807) is 12.4 Å². The minimum Gasteiger partial charge on any atom is -0.396 e. The second kappa shape index (κ2) is 5.32. The molecule has 0 aliphatic carbocycles. The molecule has 1 aromatic rings. The summed E-state index contributed by atoms with van der Waals surface area (Å²) >= 11 is 3.41. The Morgan fingerprint density at radius 1 is 1.57 bits per heavy atom. The number of nitrogens with zero attached hydrogens (tertiary/aromatic N) is 1. The van der Waals surface area contributed by atoms with Crippen molar-refractivity contribution in [2.24, 2.45) is 5.92 Å². The van der Waals surface area contributed by atoms with Crippen LogP contribution < -0.4 is 5.32 Å². The average molecular weight is 259 g/mol. The molecule has 0 spiro atoms. The molecule has 0 radical (unpaired) electrons. The third-order valence-electron chi connectivity index (χ3n) is 2.30. The Hall–Kier alpha value is -0.610. The molecule has 2 N–H and O–H groups in total. The van der Waals surface area contributed by atoms with Crippen LogP contribution >= 0.6 is 15.9 Å². The van der Waals surface area contributed by atoms with E-state index in [-0.39, 0.29) is 18.6 Å². The molecule has 3 nitrogen and oxygen atoms in total. The molecule has 0 bridgehead atoms. The van der Waals surface area contributed by atoms with Gasteiger partial charge in [-0.3, -0.25) is 4.98 Å². The van der Waals surface area contributed by atoms with Gasteiger partial charge in [0.05, 0.1) is 10.2 Å². The van der Waals surface area contributed by atoms with Crippen LogP contribution in [0, 0.1) is 5.92 Å². The number of rotatable bonds is 4. The van der Waals surface area contributed by atoms with E-state index >= 15 is 0 Å². The van der Waals surface area contributed by atoms with Crippen molar-refractivity contribution >= 4 is 21.6 Å². The third kappa shape index (κ3) is 2.96. The Morgan fingerprint density at radius 2 is 2.29 bits per heavy atom. The van der Waals surface area contributed by atoms with Crippen molar-refractivity contribution in [2.45, 2.75) is 19.9 Å². The van der Waals surface area contributed by atoms with Gasteiger partial charge in [0.1, 0.15) is 0 Å². The van der Waals surface area contributed by atoms with Gasteiger partial charge in [-0.15, -0.1) is 0 Å². The van der Waals surface area contributed by atoms with E-state index in [1.165, 1.54) is 0 Å². The number of hydrogen-bond donors (Lipinski definition) is 2. The molecule has 1 heterocycles. The van der Waals surface area contributed by atoms with Crippen molar-refractivity contribution < 1.29 is 5.11 Å². The number of halogens is 1. The second-order valence-electron chi connectivity index (χ2n) is 3.45. The van der Waals surface area contributed by atoms with Crippen LogP contribution in [-0.4, -0.2) is 22.7 Å². The number of hydrogen-bond acceptors (Lipinski definition) is 3. The number of nitrogens with one attached hydrogen (secondary N) is 1. The molecule has 78 valence electrons. The van der Waals surface area contributed by atoms with Gasteiger partial charge >= 0.3 is 0 Å². The number of aliphatic hydroxyl groups excluding tert-OH is 1. The summed E-state index contributed by atoms with van der Waals surface area (Å²) in [7, 11) is 0. The maximum atomic E-state index is 8.99. The first-order chi connectivity index (χ1) is 6.65. The highest BCUT2D eigenvalue weighted by atomic mass is 79.9. The Balaban J connectivity index is 2.64. The largest absolute Gasteiger partial charge is 0.396 e. The van der Waals surface area contributed by atoms with Crippen LogP contribution in [0.5, 0.6) is 0 Å². The van der Waals surface area contributed by atoms with Crippen LogP contribution in [0.1, 0.15) is 13.8 Å². The van der Waals surface area contributed by atoms with Crippen LogP contribution in [0.3, 0.4) is 0 Å². The van der Waals surface area contributed by atoms with E-state index < -0.39 is 0 Å². The van der Waals surface area contributed by atoms with Crippen molar-refractivity contribution in [1.29, 1.82) is 0 Å². The minimum absolute atomic E-state index is 0.191. The molecule has 4 heteroatoms. The van der Waals surface area contributed by atoms with Gasteiger partial charge < -0.3 is 10.4 Å². The van der Waals surface area contributed by atoms with E-state index in [0.717, 1.165) is 10.2 Å². The van der Waals surface area contributed by atoms with Gasteiger partial charge in [-0.05, 0) is 34.8 Å². The molecular weight excluding hydrogens is 244 g/mol. The SMILES string of the molecule is CC(CO)C(C)Nc1ccncc1Br. The summed E-state index contributed by atoms with van der Waals surface area (Å²) in [6, 6.07) is 2.14. The molecular formula is C10H15BrN2O. The molecule has 1 rings (SSSR count). The standard InChI is InChI=1S/C10H15BrN2O/c1-7(6-14)8(2)13-10-3-4-12-5-9(10)11/h3-5,7-8,14H,6H2,1-2H3,(H,12,13). The molecule has 0 fully saturated rings. The third-order valence-corrected chi connectivity index (χ3v) is 2.93. The van der Waals surface area contributed by atoms with Crippen LogP contribution in [0.4, 0.5) is 5.69 Å². The summed E-state index contributed by atoms with van der Waals surface area (Å²) in [5, 5.41) is 12.3. The Morgan fingerprint density at radius 3 is 2.86 bits per heavy atom. The molecule has 14 heavy (non-hydrogen) atoms. The normalized spacial score (nSPS) is 14.9. The Kier molecular flexibility index (Phi) is 4.35. The van der Waals surface area contributed by atoms with Crippen LogP contribution in [0.25, 0.3) is 0 Å². The predicted molar refractivity (Wildman–Crippen MR) is 61.3 cm³/mol. The van der Waals surface area contributed by atoms with Crippen molar-refractivity contribution in [3.05, 3.63) is 22.9 Å². The summed E-state index contributed by atoms with van der Waals surface area (Å²) in [5.74, 6) is 0.232. The predicted octanol–water partition coefficient (Wildman–Crippen LogP) is 2.27. The van der Waals surface area contributed by atoms with E-state index in [1.807, 2.05) is 19.9 Å². The smallest absolute Gasteiger partial charge is 0.0590 e.